The number of fused-ring (bicyclic) bond motifs is 13. The van der Waals surface area contributed by atoms with Crippen LogP contribution >= 0.6 is 22.7 Å². The van der Waals surface area contributed by atoms with Crippen LogP contribution in [0.3, 0.4) is 0 Å². The van der Waals surface area contributed by atoms with Crippen LogP contribution in [-0.4, -0.2) is 0 Å². The van der Waals surface area contributed by atoms with Gasteiger partial charge in [-0.2, -0.15) is 0 Å². The van der Waals surface area contributed by atoms with Crippen LogP contribution in [0.1, 0.15) is 9.75 Å². The molecule has 0 amide bonds. The number of rotatable bonds is 2. The zero-order valence-corrected chi connectivity index (χ0v) is 33.5. The van der Waals surface area contributed by atoms with Crippen LogP contribution in [0, 0.1) is 13.8 Å². The molecule has 0 saturated carbocycles. The molecule has 0 spiro atoms. The maximum atomic E-state index is 2.52. The molecule has 2 aliphatic carbocycles. The number of hydrogen-bond donors (Lipinski definition) is 0. The summed E-state index contributed by atoms with van der Waals surface area (Å²) in [6.45, 7) is 4.47. The van der Waals surface area contributed by atoms with Crippen molar-refractivity contribution in [2.75, 3.05) is 0 Å². The molecule has 14 rings (SSSR count). The highest BCUT2D eigenvalue weighted by molar-refractivity contribution is 7.19. The van der Waals surface area contributed by atoms with E-state index in [9.17, 15) is 0 Å². The molecule has 268 valence electrons. The molecule has 10 aromatic carbocycles. The lowest BCUT2D eigenvalue weighted by Gasteiger charge is -2.20. The minimum Gasteiger partial charge on any atom is -0.141 e. The highest BCUT2D eigenvalue weighted by Gasteiger charge is 2.30. The quantitative estimate of drug-likeness (QED) is 0.154. The first-order valence-electron chi connectivity index (χ1n) is 20.2. The Balaban J connectivity index is 1.16. The van der Waals surface area contributed by atoms with Gasteiger partial charge in [-0.3, -0.25) is 0 Å². The second kappa shape index (κ2) is 11.1. The molecule has 0 unspecified atom stereocenters. The molecule has 2 heterocycles. The van der Waals surface area contributed by atoms with Gasteiger partial charge < -0.3 is 0 Å². The second-order valence-electron chi connectivity index (χ2n) is 16.3. The molecule has 0 N–H and O–H groups in total. The van der Waals surface area contributed by atoms with Gasteiger partial charge in [-0.05, 0) is 171 Å². The highest BCUT2D eigenvalue weighted by Crippen LogP contribution is 2.58. The van der Waals surface area contributed by atoms with Gasteiger partial charge in [0, 0.05) is 29.9 Å². The first kappa shape index (κ1) is 31.5. The molecule has 58 heavy (non-hydrogen) atoms. The third kappa shape index (κ3) is 3.94. The van der Waals surface area contributed by atoms with Crippen molar-refractivity contribution in [3.63, 3.8) is 0 Å². The maximum absolute atomic E-state index is 2.52. The average molecular weight is 769 g/mol. The minimum atomic E-state index is 1.30. The fraction of sp³-hybridized carbons (Fsp3) is 0.0357. The van der Waals surface area contributed by atoms with Crippen molar-refractivity contribution in [3.05, 3.63) is 167 Å². The average Bonchev–Trinajstić information content (AvgIpc) is 4.01. The Morgan fingerprint density at radius 2 is 0.655 bits per heavy atom. The van der Waals surface area contributed by atoms with E-state index in [1.54, 1.807) is 0 Å². The third-order valence-electron chi connectivity index (χ3n) is 13.3. The summed E-state index contributed by atoms with van der Waals surface area (Å²) in [5, 5.41) is 15.9. The Bertz CT molecular complexity index is 3610. The van der Waals surface area contributed by atoms with E-state index >= 15 is 0 Å². The molecular formula is C56H32S2. The summed E-state index contributed by atoms with van der Waals surface area (Å²) in [6, 6.07) is 60.8. The largest absolute Gasteiger partial charge is 0.141 e. The normalized spacial score (nSPS) is 12.7. The lowest BCUT2D eigenvalue weighted by Crippen LogP contribution is -1.92. The highest BCUT2D eigenvalue weighted by atomic mass is 32.1. The summed E-state index contributed by atoms with van der Waals surface area (Å²) in [5.41, 5.74) is 16.1. The van der Waals surface area contributed by atoms with E-state index in [1.807, 2.05) is 22.7 Å². The second-order valence-corrected chi connectivity index (χ2v) is 18.9. The molecule has 0 bridgehead atoms. The summed E-state index contributed by atoms with van der Waals surface area (Å²) in [6.07, 6.45) is 0. The van der Waals surface area contributed by atoms with Gasteiger partial charge in [0.05, 0.1) is 0 Å². The van der Waals surface area contributed by atoms with Crippen molar-refractivity contribution < 1.29 is 0 Å². The molecule has 2 aliphatic rings. The topological polar surface area (TPSA) is 0 Å². The zero-order valence-electron chi connectivity index (χ0n) is 31.8. The molecular weight excluding hydrogens is 737 g/mol. The van der Waals surface area contributed by atoms with Gasteiger partial charge in [0.2, 0.25) is 0 Å². The van der Waals surface area contributed by atoms with Crippen molar-refractivity contribution >= 4 is 96.7 Å². The van der Waals surface area contributed by atoms with E-state index in [-0.39, 0.29) is 0 Å². The molecule has 2 aromatic heterocycles. The molecule has 12 aromatic rings. The fourth-order valence-electron chi connectivity index (χ4n) is 11.1. The first-order chi connectivity index (χ1) is 28.6. The molecule has 0 saturated heterocycles. The SMILES string of the molecule is Cc1cc2c(-c3c4c(cc5c3ccc3c6cc7c(c(-c8cccc9sc(C)cc89)c6ccc53)-c3cccc5cccc-7c35)-c3cccc5cccc-4c35)cccc2s1. The number of aryl methyl sites for hydroxylation is 2. The first-order valence-corrected chi connectivity index (χ1v) is 21.8. The van der Waals surface area contributed by atoms with Gasteiger partial charge in [-0.25, -0.2) is 0 Å². The van der Waals surface area contributed by atoms with Crippen LogP contribution in [0.25, 0.3) is 141 Å². The van der Waals surface area contributed by atoms with E-state index in [2.05, 4.69) is 172 Å². The summed E-state index contributed by atoms with van der Waals surface area (Å²) >= 11 is 3.78. The summed E-state index contributed by atoms with van der Waals surface area (Å²) in [5.74, 6) is 0. The van der Waals surface area contributed by atoms with Gasteiger partial charge in [0.25, 0.3) is 0 Å². The van der Waals surface area contributed by atoms with Crippen LogP contribution < -0.4 is 0 Å². The summed E-state index contributed by atoms with van der Waals surface area (Å²) in [7, 11) is 0. The van der Waals surface area contributed by atoms with Crippen LogP contribution in [0.15, 0.2) is 158 Å². The van der Waals surface area contributed by atoms with Crippen molar-refractivity contribution in [1.82, 2.24) is 0 Å². The zero-order chi connectivity index (χ0) is 38.0. The minimum absolute atomic E-state index is 1.30. The standard InChI is InChI=1S/C56H32S2/c1-29-25-45-35(15-7-19-49(45)57-29)53-39-23-21-34-33(43(39)27-47-37-13-3-9-31-11-5-17-41(51(31)37)55(47)53)22-24-40-44(34)28-48-38-14-4-10-32-12-6-18-42(52(32)38)56(48)54(40)36-16-8-20-50-46(36)26-30(2)58-50/h3-28H,1-2H3. The molecule has 0 fully saturated rings. The van der Waals surface area contributed by atoms with E-state index in [0.29, 0.717) is 0 Å². The van der Waals surface area contributed by atoms with Crippen LogP contribution in [0.5, 0.6) is 0 Å². The van der Waals surface area contributed by atoms with Crippen LogP contribution in [0.4, 0.5) is 0 Å². The predicted molar refractivity (Wildman–Crippen MR) is 254 cm³/mol. The Hall–Kier alpha value is -6.58. The number of benzene rings is 10. The predicted octanol–water partition coefficient (Wildman–Crippen LogP) is 17.1. The van der Waals surface area contributed by atoms with Gasteiger partial charge in [-0.15, -0.1) is 22.7 Å². The van der Waals surface area contributed by atoms with Gasteiger partial charge in [0.1, 0.15) is 0 Å². The van der Waals surface area contributed by atoms with Crippen molar-refractivity contribution in [3.8, 4) is 66.8 Å². The summed E-state index contributed by atoms with van der Waals surface area (Å²) < 4.78 is 2.68. The van der Waals surface area contributed by atoms with Crippen molar-refractivity contribution in [1.29, 1.82) is 0 Å². The Morgan fingerprint density at radius 1 is 0.276 bits per heavy atom. The monoisotopic (exact) mass is 768 g/mol. The Morgan fingerprint density at radius 3 is 1.10 bits per heavy atom. The number of thiophene rings is 2. The van der Waals surface area contributed by atoms with Crippen LogP contribution in [0.2, 0.25) is 0 Å². The molecule has 0 radical (unpaired) electrons. The van der Waals surface area contributed by atoms with Gasteiger partial charge >= 0.3 is 0 Å². The lowest BCUT2D eigenvalue weighted by atomic mass is 9.83. The van der Waals surface area contributed by atoms with Crippen molar-refractivity contribution in [2.24, 2.45) is 0 Å². The third-order valence-corrected chi connectivity index (χ3v) is 15.3. The van der Waals surface area contributed by atoms with Gasteiger partial charge in [0.15, 0.2) is 0 Å². The number of hydrogen-bond acceptors (Lipinski definition) is 2. The van der Waals surface area contributed by atoms with E-state index in [4.69, 9.17) is 0 Å². The molecule has 0 nitrogen and oxygen atoms in total. The maximum Gasteiger partial charge on any atom is 0.0351 e. The Kier molecular flexibility index (Phi) is 6.02. The smallest absolute Gasteiger partial charge is 0.0351 e. The Labute approximate surface area is 342 Å². The van der Waals surface area contributed by atoms with E-state index in [1.165, 1.54) is 151 Å². The molecule has 2 heteroatoms. The van der Waals surface area contributed by atoms with Crippen LogP contribution in [-0.2, 0) is 0 Å². The van der Waals surface area contributed by atoms with Crippen molar-refractivity contribution in [2.45, 2.75) is 13.8 Å². The fourth-order valence-corrected chi connectivity index (χ4v) is 13.0. The lowest BCUT2D eigenvalue weighted by molar-refractivity contribution is 1.65. The molecule has 0 atom stereocenters. The van der Waals surface area contributed by atoms with E-state index < -0.39 is 0 Å². The van der Waals surface area contributed by atoms with Gasteiger partial charge in [-0.1, -0.05) is 121 Å². The molecule has 0 aliphatic heterocycles. The van der Waals surface area contributed by atoms with E-state index in [0.717, 1.165) is 0 Å². The summed E-state index contributed by atoms with van der Waals surface area (Å²) in [4.78, 5) is 2.69.